The molecule has 0 aliphatic carbocycles. The van der Waals surface area contributed by atoms with E-state index in [1.807, 2.05) is 0 Å². The molecule has 0 aromatic heterocycles. The molecule has 15 heavy (non-hydrogen) atoms. The third-order valence-corrected chi connectivity index (χ3v) is 2.89. The van der Waals surface area contributed by atoms with E-state index in [2.05, 4.69) is 30.4 Å². The van der Waals surface area contributed by atoms with E-state index in [1.54, 1.807) is 0 Å². The van der Waals surface area contributed by atoms with Gasteiger partial charge in [0.2, 0.25) is 0 Å². The zero-order valence-electron chi connectivity index (χ0n) is 8.79. The van der Waals surface area contributed by atoms with E-state index in [9.17, 15) is 4.79 Å². The Bertz CT molecular complexity index is 387. The first-order valence-corrected chi connectivity index (χ1v) is 5.23. The van der Waals surface area contributed by atoms with Crippen LogP contribution in [0.5, 0.6) is 0 Å². The first kappa shape index (κ1) is 10.0. The van der Waals surface area contributed by atoms with Crippen LogP contribution in [-0.4, -0.2) is 17.6 Å². The van der Waals surface area contributed by atoms with Crippen LogP contribution in [0.1, 0.15) is 29.9 Å². The number of carboxylic acids is 1. The van der Waals surface area contributed by atoms with Crippen LogP contribution in [0, 0.1) is 6.92 Å². The van der Waals surface area contributed by atoms with Gasteiger partial charge < -0.3 is 10.4 Å². The molecule has 2 N–H and O–H groups in total. The summed E-state index contributed by atoms with van der Waals surface area (Å²) >= 11 is 0. The molecule has 3 nitrogen and oxygen atoms in total. The fourth-order valence-electron chi connectivity index (χ4n) is 2.08. The van der Waals surface area contributed by atoms with E-state index in [1.165, 1.54) is 11.1 Å². The van der Waals surface area contributed by atoms with E-state index in [0.717, 1.165) is 18.7 Å². The van der Waals surface area contributed by atoms with E-state index in [0.29, 0.717) is 5.92 Å². The van der Waals surface area contributed by atoms with Gasteiger partial charge >= 0.3 is 5.97 Å². The molecule has 0 saturated heterocycles. The van der Waals surface area contributed by atoms with Crippen molar-refractivity contribution in [2.45, 2.75) is 25.7 Å². The Balaban J connectivity index is 2.13. The maximum atomic E-state index is 10.5. The van der Waals surface area contributed by atoms with Crippen LogP contribution in [0.4, 0.5) is 5.69 Å². The molecule has 0 saturated carbocycles. The number of fused-ring (bicyclic) bond motifs is 1. The maximum Gasteiger partial charge on any atom is 0.303 e. The molecule has 1 aromatic carbocycles. The predicted octanol–water partition coefficient (Wildman–Crippen LogP) is 2.37. The number of benzene rings is 1. The maximum absolute atomic E-state index is 10.5. The second kappa shape index (κ2) is 3.93. The minimum absolute atomic E-state index is 0.250. The van der Waals surface area contributed by atoms with Gasteiger partial charge in [0.15, 0.2) is 0 Å². The van der Waals surface area contributed by atoms with Gasteiger partial charge in [-0.05, 0) is 25.0 Å². The summed E-state index contributed by atoms with van der Waals surface area (Å²) in [5.41, 5.74) is 3.67. The van der Waals surface area contributed by atoms with Crippen molar-refractivity contribution in [3.63, 3.8) is 0 Å². The van der Waals surface area contributed by atoms with Gasteiger partial charge in [-0.15, -0.1) is 0 Å². The van der Waals surface area contributed by atoms with Crippen LogP contribution >= 0.6 is 0 Å². The average molecular weight is 205 g/mol. The van der Waals surface area contributed by atoms with Gasteiger partial charge in [-0.3, -0.25) is 4.79 Å². The fraction of sp³-hybridized carbons (Fsp3) is 0.417. The molecule has 0 fully saturated rings. The van der Waals surface area contributed by atoms with Crippen molar-refractivity contribution >= 4 is 11.7 Å². The lowest BCUT2D eigenvalue weighted by molar-refractivity contribution is -0.137. The second-order valence-corrected chi connectivity index (χ2v) is 4.10. The molecule has 2 rings (SSSR count). The second-order valence-electron chi connectivity index (χ2n) is 4.10. The SMILES string of the molecule is Cc1ccc2c(c1)C(CCC(=O)O)CN2. The number of aryl methyl sites for hydroxylation is 1. The number of carboxylic acid groups (broad SMARTS) is 1. The predicted molar refractivity (Wildman–Crippen MR) is 59.3 cm³/mol. The van der Waals surface area contributed by atoms with Crippen molar-refractivity contribution < 1.29 is 9.90 Å². The minimum Gasteiger partial charge on any atom is -0.481 e. The van der Waals surface area contributed by atoms with Gasteiger partial charge in [0.05, 0.1) is 0 Å². The van der Waals surface area contributed by atoms with Crippen molar-refractivity contribution in [3.05, 3.63) is 29.3 Å². The summed E-state index contributed by atoms with van der Waals surface area (Å²) in [6, 6.07) is 6.30. The van der Waals surface area contributed by atoms with Crippen LogP contribution < -0.4 is 5.32 Å². The summed E-state index contributed by atoms with van der Waals surface area (Å²) in [6.07, 6.45) is 0.971. The Hall–Kier alpha value is -1.51. The zero-order valence-corrected chi connectivity index (χ0v) is 8.79. The Morgan fingerprint density at radius 1 is 1.60 bits per heavy atom. The molecule has 1 aliphatic rings. The van der Waals surface area contributed by atoms with Crippen LogP contribution in [0.3, 0.4) is 0 Å². The smallest absolute Gasteiger partial charge is 0.303 e. The molecule has 80 valence electrons. The molecular weight excluding hydrogens is 190 g/mol. The summed E-state index contributed by atoms with van der Waals surface area (Å²) in [4.78, 5) is 10.5. The molecule has 0 bridgehead atoms. The van der Waals surface area contributed by atoms with Crippen molar-refractivity contribution in [3.8, 4) is 0 Å². The topological polar surface area (TPSA) is 49.3 Å². The molecule has 1 aliphatic heterocycles. The van der Waals surface area contributed by atoms with E-state index in [4.69, 9.17) is 5.11 Å². The molecule has 0 radical (unpaired) electrons. The summed E-state index contributed by atoms with van der Waals surface area (Å²) in [5, 5.41) is 12.0. The number of anilines is 1. The third-order valence-electron chi connectivity index (χ3n) is 2.89. The number of rotatable bonds is 3. The number of hydrogen-bond acceptors (Lipinski definition) is 2. The summed E-state index contributed by atoms with van der Waals surface area (Å²) in [7, 11) is 0. The number of aliphatic carboxylic acids is 1. The Morgan fingerprint density at radius 2 is 2.40 bits per heavy atom. The Morgan fingerprint density at radius 3 is 3.13 bits per heavy atom. The highest BCUT2D eigenvalue weighted by atomic mass is 16.4. The summed E-state index contributed by atoms with van der Waals surface area (Å²) in [6.45, 7) is 2.93. The van der Waals surface area contributed by atoms with Gasteiger partial charge in [-0.25, -0.2) is 0 Å². The van der Waals surface area contributed by atoms with Gasteiger partial charge in [0, 0.05) is 24.6 Å². The lowest BCUT2D eigenvalue weighted by atomic mass is 9.95. The minimum atomic E-state index is -0.712. The van der Waals surface area contributed by atoms with Gasteiger partial charge in [-0.2, -0.15) is 0 Å². The van der Waals surface area contributed by atoms with Crippen molar-refractivity contribution in [1.29, 1.82) is 0 Å². The standard InChI is InChI=1S/C12H15NO2/c1-8-2-4-11-10(6-8)9(7-13-11)3-5-12(14)15/h2,4,6,9,13H,3,5,7H2,1H3,(H,14,15). The molecule has 0 amide bonds. The molecule has 1 unspecified atom stereocenters. The van der Waals surface area contributed by atoms with Crippen molar-refractivity contribution in [1.82, 2.24) is 0 Å². The molecule has 3 heteroatoms. The lowest BCUT2D eigenvalue weighted by Gasteiger charge is -2.08. The normalized spacial score (nSPS) is 18.3. The van der Waals surface area contributed by atoms with Gasteiger partial charge in [0.25, 0.3) is 0 Å². The molecule has 1 aromatic rings. The van der Waals surface area contributed by atoms with Crippen molar-refractivity contribution in [2.75, 3.05) is 11.9 Å². The third kappa shape index (κ3) is 2.12. The summed E-state index contributed by atoms with van der Waals surface area (Å²) in [5.74, 6) is -0.355. The van der Waals surface area contributed by atoms with Crippen LogP contribution in [-0.2, 0) is 4.79 Å². The zero-order chi connectivity index (χ0) is 10.8. The van der Waals surface area contributed by atoms with Crippen LogP contribution in [0.2, 0.25) is 0 Å². The molecule has 0 spiro atoms. The highest BCUT2D eigenvalue weighted by Crippen LogP contribution is 2.34. The molecule has 1 heterocycles. The largest absolute Gasteiger partial charge is 0.481 e. The highest BCUT2D eigenvalue weighted by Gasteiger charge is 2.22. The monoisotopic (exact) mass is 205 g/mol. The molecular formula is C12H15NO2. The van der Waals surface area contributed by atoms with Gasteiger partial charge in [0.1, 0.15) is 0 Å². The van der Waals surface area contributed by atoms with E-state index >= 15 is 0 Å². The van der Waals surface area contributed by atoms with Gasteiger partial charge in [-0.1, -0.05) is 17.7 Å². The average Bonchev–Trinajstić information content (AvgIpc) is 2.57. The fourth-order valence-corrected chi connectivity index (χ4v) is 2.08. The number of hydrogen-bond donors (Lipinski definition) is 2. The lowest BCUT2D eigenvalue weighted by Crippen LogP contribution is -2.05. The van der Waals surface area contributed by atoms with Crippen molar-refractivity contribution in [2.24, 2.45) is 0 Å². The van der Waals surface area contributed by atoms with Crippen LogP contribution in [0.25, 0.3) is 0 Å². The number of nitrogens with one attached hydrogen (secondary N) is 1. The first-order chi connectivity index (χ1) is 7.16. The highest BCUT2D eigenvalue weighted by molar-refractivity contribution is 5.67. The summed E-state index contributed by atoms with van der Waals surface area (Å²) < 4.78 is 0. The van der Waals surface area contributed by atoms with E-state index < -0.39 is 5.97 Å². The number of carbonyl (C=O) groups is 1. The van der Waals surface area contributed by atoms with Crippen LogP contribution in [0.15, 0.2) is 18.2 Å². The Kier molecular flexibility index (Phi) is 2.62. The first-order valence-electron chi connectivity index (χ1n) is 5.23. The molecule has 1 atom stereocenters. The quantitative estimate of drug-likeness (QED) is 0.796. The Labute approximate surface area is 89.1 Å². The van der Waals surface area contributed by atoms with E-state index in [-0.39, 0.29) is 6.42 Å².